The highest BCUT2D eigenvalue weighted by Crippen LogP contribution is 2.19. The molecule has 2 aromatic carbocycles. The van der Waals surface area contributed by atoms with Crippen molar-refractivity contribution >= 4 is 27.6 Å². The summed E-state index contributed by atoms with van der Waals surface area (Å²) in [7, 11) is -4.48. The molecule has 0 aliphatic heterocycles. The quantitative estimate of drug-likeness (QED) is 0.795. The fraction of sp³-hybridized carbons (Fsp3) is 0.0625. The molecule has 0 saturated heterocycles. The van der Waals surface area contributed by atoms with Gasteiger partial charge in [-0.15, -0.1) is 0 Å². The molecule has 0 N–H and O–H groups in total. The molecule has 0 fully saturated rings. The average Bonchev–Trinajstić information content (AvgIpc) is 2.56. The lowest BCUT2D eigenvalue weighted by Crippen LogP contribution is -2.44. The van der Waals surface area contributed by atoms with Gasteiger partial charge in [-0.3, -0.25) is 14.4 Å². The smallest absolute Gasteiger partial charge is 0.289 e. The summed E-state index contributed by atoms with van der Waals surface area (Å²) in [4.78, 5) is 35.7. The zero-order valence-electron chi connectivity index (χ0n) is 12.2. The van der Waals surface area contributed by atoms with Gasteiger partial charge in [-0.25, -0.2) is 8.42 Å². The van der Waals surface area contributed by atoms with Crippen molar-refractivity contribution in [2.24, 2.45) is 0 Å². The maximum Gasteiger partial charge on any atom is 0.310 e. The predicted molar refractivity (Wildman–Crippen MR) is 81.9 cm³/mol. The number of Topliss-reactive ketones (excluding diaryl/α,β-unsaturated/α-hetero) is 1. The maximum absolute atomic E-state index is 12.6. The highest BCUT2D eigenvalue weighted by molar-refractivity contribution is 7.90. The summed E-state index contributed by atoms with van der Waals surface area (Å²) in [6.45, 7) is 0.911. The first-order valence-corrected chi connectivity index (χ1v) is 8.04. The first-order valence-electron chi connectivity index (χ1n) is 6.60. The van der Waals surface area contributed by atoms with Crippen LogP contribution in [0.5, 0.6) is 0 Å². The molecule has 0 radical (unpaired) electrons. The van der Waals surface area contributed by atoms with Crippen molar-refractivity contribution in [3.63, 3.8) is 0 Å². The van der Waals surface area contributed by atoms with Crippen LogP contribution in [0.1, 0.15) is 17.3 Å². The molecule has 6 nitrogen and oxygen atoms in total. The van der Waals surface area contributed by atoms with E-state index in [1.165, 1.54) is 48.5 Å². The summed E-state index contributed by atoms with van der Waals surface area (Å²) in [5, 5.41) is 0. The first-order chi connectivity index (χ1) is 10.9. The molecular formula is C16H13NO5S. The molecule has 0 aromatic heterocycles. The van der Waals surface area contributed by atoms with Gasteiger partial charge < -0.3 is 0 Å². The summed E-state index contributed by atoms with van der Waals surface area (Å²) in [5.41, 5.74) is -0.0124. The Labute approximate surface area is 133 Å². The van der Waals surface area contributed by atoms with Gasteiger partial charge in [0.25, 0.3) is 15.9 Å². The number of ketones is 1. The molecule has 0 unspecified atom stereocenters. The molecule has 0 saturated carbocycles. The molecule has 0 aliphatic rings. The average molecular weight is 331 g/mol. The second-order valence-electron chi connectivity index (χ2n) is 4.62. The number of benzene rings is 2. The standard InChI is InChI=1S/C16H13NO5S/c1-12(18)15(19)17(16(20)13-8-4-2-5-9-13)23(21,22)14-10-6-3-7-11-14/h2-11H,1H3. The van der Waals surface area contributed by atoms with Gasteiger partial charge in [0, 0.05) is 12.5 Å². The number of nitrogens with zero attached hydrogens (tertiary/aromatic N) is 1. The van der Waals surface area contributed by atoms with Gasteiger partial charge >= 0.3 is 5.91 Å². The molecule has 0 aliphatic carbocycles. The van der Waals surface area contributed by atoms with Gasteiger partial charge in [-0.1, -0.05) is 36.4 Å². The normalized spacial score (nSPS) is 10.8. The molecule has 23 heavy (non-hydrogen) atoms. The highest BCUT2D eigenvalue weighted by atomic mass is 32.2. The van der Waals surface area contributed by atoms with Gasteiger partial charge in [0.2, 0.25) is 5.78 Å². The van der Waals surface area contributed by atoms with E-state index in [1.807, 2.05) is 0 Å². The van der Waals surface area contributed by atoms with E-state index in [1.54, 1.807) is 12.1 Å². The summed E-state index contributed by atoms with van der Waals surface area (Å²) < 4.78 is 25.3. The van der Waals surface area contributed by atoms with Crippen LogP contribution in [0.15, 0.2) is 65.6 Å². The van der Waals surface area contributed by atoms with Crippen LogP contribution in [0.2, 0.25) is 0 Å². The van der Waals surface area contributed by atoms with Crippen LogP contribution in [0.4, 0.5) is 0 Å². The van der Waals surface area contributed by atoms with E-state index in [0.717, 1.165) is 6.92 Å². The van der Waals surface area contributed by atoms with Gasteiger partial charge in [0.15, 0.2) is 0 Å². The lowest BCUT2D eigenvalue weighted by atomic mass is 10.2. The molecule has 2 aromatic rings. The summed E-state index contributed by atoms with van der Waals surface area (Å²) >= 11 is 0. The number of carbonyl (C=O) groups is 3. The SMILES string of the molecule is CC(=O)C(=O)N(C(=O)c1ccccc1)S(=O)(=O)c1ccccc1. The van der Waals surface area contributed by atoms with Crippen molar-refractivity contribution < 1.29 is 22.8 Å². The third-order valence-electron chi connectivity index (χ3n) is 2.97. The molecule has 2 amide bonds. The van der Waals surface area contributed by atoms with Crippen molar-refractivity contribution in [2.45, 2.75) is 11.8 Å². The van der Waals surface area contributed by atoms with Crippen LogP contribution in [-0.4, -0.2) is 30.3 Å². The van der Waals surface area contributed by atoms with Crippen molar-refractivity contribution in [1.82, 2.24) is 4.31 Å². The molecule has 2 rings (SSSR count). The monoisotopic (exact) mass is 331 g/mol. The van der Waals surface area contributed by atoms with Crippen molar-refractivity contribution in [3.8, 4) is 0 Å². The van der Waals surface area contributed by atoms with Crippen LogP contribution >= 0.6 is 0 Å². The minimum atomic E-state index is -4.48. The first kappa shape index (κ1) is 16.6. The minimum Gasteiger partial charge on any atom is -0.289 e. The van der Waals surface area contributed by atoms with E-state index >= 15 is 0 Å². The number of carbonyl (C=O) groups excluding carboxylic acids is 3. The van der Waals surface area contributed by atoms with E-state index in [4.69, 9.17) is 0 Å². The molecule has 0 atom stereocenters. The Hall–Kier alpha value is -2.80. The fourth-order valence-corrected chi connectivity index (χ4v) is 3.23. The Morgan fingerprint density at radius 3 is 1.78 bits per heavy atom. The number of hydrogen-bond acceptors (Lipinski definition) is 5. The minimum absolute atomic E-state index is 0.0124. The highest BCUT2D eigenvalue weighted by Gasteiger charge is 2.37. The third kappa shape index (κ3) is 3.35. The summed E-state index contributed by atoms with van der Waals surface area (Å²) in [6, 6.07) is 14.4. The Morgan fingerprint density at radius 1 is 0.826 bits per heavy atom. The molecule has 0 heterocycles. The topological polar surface area (TPSA) is 88.6 Å². The molecule has 0 spiro atoms. The third-order valence-corrected chi connectivity index (χ3v) is 4.65. The number of amides is 2. The molecular weight excluding hydrogens is 318 g/mol. The van der Waals surface area contributed by atoms with Gasteiger partial charge in [-0.2, -0.15) is 4.31 Å². The van der Waals surface area contributed by atoms with Gasteiger partial charge in [-0.05, 0) is 24.3 Å². The van der Waals surface area contributed by atoms with Crippen LogP contribution in [0, 0.1) is 0 Å². The fourth-order valence-electron chi connectivity index (χ4n) is 1.85. The van der Waals surface area contributed by atoms with Gasteiger partial charge in [0.05, 0.1) is 4.90 Å². The van der Waals surface area contributed by atoms with Crippen molar-refractivity contribution in [1.29, 1.82) is 0 Å². The van der Waals surface area contributed by atoms with E-state index in [-0.39, 0.29) is 14.8 Å². The van der Waals surface area contributed by atoms with E-state index in [2.05, 4.69) is 0 Å². The van der Waals surface area contributed by atoms with E-state index < -0.39 is 27.6 Å². The Bertz CT molecular complexity index is 845. The van der Waals surface area contributed by atoms with Crippen molar-refractivity contribution in [2.75, 3.05) is 0 Å². The summed E-state index contributed by atoms with van der Waals surface area (Å²) in [6.07, 6.45) is 0. The van der Waals surface area contributed by atoms with Crippen LogP contribution in [-0.2, 0) is 19.6 Å². The van der Waals surface area contributed by atoms with E-state index in [9.17, 15) is 22.8 Å². The van der Waals surface area contributed by atoms with E-state index in [0.29, 0.717) is 0 Å². The number of imide groups is 1. The number of hydrogen-bond donors (Lipinski definition) is 0. The van der Waals surface area contributed by atoms with Crippen LogP contribution < -0.4 is 0 Å². The largest absolute Gasteiger partial charge is 0.310 e. The van der Waals surface area contributed by atoms with Crippen molar-refractivity contribution in [3.05, 3.63) is 66.2 Å². The Morgan fingerprint density at radius 2 is 1.30 bits per heavy atom. The lowest BCUT2D eigenvalue weighted by Gasteiger charge is -2.19. The zero-order valence-corrected chi connectivity index (χ0v) is 13.0. The summed E-state index contributed by atoms with van der Waals surface area (Å²) in [5.74, 6) is -3.52. The van der Waals surface area contributed by atoms with Gasteiger partial charge in [0.1, 0.15) is 0 Å². The second-order valence-corrected chi connectivity index (χ2v) is 6.40. The molecule has 7 heteroatoms. The lowest BCUT2D eigenvalue weighted by molar-refractivity contribution is -0.139. The number of rotatable bonds is 4. The van der Waals surface area contributed by atoms with Crippen LogP contribution in [0.3, 0.4) is 0 Å². The zero-order chi connectivity index (χ0) is 17.0. The Balaban J connectivity index is 2.58. The van der Waals surface area contributed by atoms with Crippen LogP contribution in [0.25, 0.3) is 0 Å². The Kier molecular flexibility index (Phi) is 4.71. The predicted octanol–water partition coefficient (Wildman–Crippen LogP) is 1.63. The molecule has 118 valence electrons. The number of sulfonamides is 1. The second kappa shape index (κ2) is 6.53. The molecule has 0 bridgehead atoms. The maximum atomic E-state index is 12.6.